The third kappa shape index (κ3) is 4.69. The minimum atomic E-state index is -0.263. The summed E-state index contributed by atoms with van der Waals surface area (Å²) in [7, 11) is 0. The van der Waals surface area contributed by atoms with Crippen LogP contribution in [0.5, 0.6) is 0 Å². The number of carbonyl (C=O) groups excluding carboxylic acids is 1. The van der Waals surface area contributed by atoms with Crippen LogP contribution in [0.3, 0.4) is 0 Å². The zero-order chi connectivity index (χ0) is 20.4. The van der Waals surface area contributed by atoms with Gasteiger partial charge in [0.05, 0.1) is 35.4 Å². The Balaban J connectivity index is 1.40. The molecule has 0 bridgehead atoms. The molecule has 8 nitrogen and oxygen atoms in total. The Bertz CT molecular complexity index is 1070. The van der Waals surface area contributed by atoms with Crippen molar-refractivity contribution in [1.82, 2.24) is 20.1 Å². The van der Waals surface area contributed by atoms with E-state index in [9.17, 15) is 9.59 Å². The van der Waals surface area contributed by atoms with Crippen molar-refractivity contribution in [3.8, 4) is 0 Å². The van der Waals surface area contributed by atoms with E-state index < -0.39 is 0 Å². The fourth-order valence-electron chi connectivity index (χ4n) is 3.70. The van der Waals surface area contributed by atoms with Crippen molar-refractivity contribution >= 4 is 33.1 Å². The number of aromatic amines is 1. The van der Waals surface area contributed by atoms with E-state index in [0.717, 1.165) is 25.3 Å². The molecule has 0 saturated carbocycles. The number of nitrogens with zero attached hydrogens (tertiary/aromatic N) is 3. The summed E-state index contributed by atoms with van der Waals surface area (Å²) in [6.45, 7) is 6.62. The van der Waals surface area contributed by atoms with Crippen LogP contribution in [0.1, 0.15) is 25.2 Å². The third-order valence-electron chi connectivity index (χ3n) is 4.78. The molecule has 3 heterocycles. The van der Waals surface area contributed by atoms with Gasteiger partial charge in [-0.3, -0.25) is 14.5 Å². The zero-order valence-corrected chi connectivity index (χ0v) is 17.2. The number of fused-ring (bicyclic) bond motifs is 1. The quantitative estimate of drug-likeness (QED) is 0.665. The number of hydrogen-bond acceptors (Lipinski definition) is 7. The summed E-state index contributed by atoms with van der Waals surface area (Å²) in [6.07, 6.45) is 0.470. The summed E-state index contributed by atoms with van der Waals surface area (Å²) in [5.74, 6) is -0.218. The lowest BCUT2D eigenvalue weighted by Gasteiger charge is -2.34. The Hall–Kier alpha value is -2.62. The smallest absolute Gasteiger partial charge is 0.272 e. The monoisotopic (exact) mass is 413 g/mol. The first-order chi connectivity index (χ1) is 14.0. The maximum Gasteiger partial charge on any atom is 0.272 e. The van der Waals surface area contributed by atoms with E-state index in [1.54, 1.807) is 18.2 Å². The molecule has 1 aliphatic heterocycles. The standard InChI is InChI=1S/C20H23N5O3S/c1-12-8-25(9-13(2)28-12)10-14-11-29-20(21-14)22-18(26)7-17-15-5-3-4-6-16(15)19(27)24-23-17/h3-6,11-13H,7-10H2,1-2H3,(H,24,27)(H,21,22,26)/t12-,13-/m1/s1. The first kappa shape index (κ1) is 19.7. The van der Waals surface area contributed by atoms with Gasteiger partial charge in [0.15, 0.2) is 5.13 Å². The highest BCUT2D eigenvalue weighted by Crippen LogP contribution is 2.20. The Morgan fingerprint density at radius 1 is 1.28 bits per heavy atom. The molecule has 2 atom stereocenters. The highest BCUT2D eigenvalue weighted by atomic mass is 32.1. The topological polar surface area (TPSA) is 100 Å². The van der Waals surface area contributed by atoms with Crippen molar-refractivity contribution in [2.24, 2.45) is 0 Å². The second kappa shape index (κ2) is 8.40. The number of anilines is 1. The lowest BCUT2D eigenvalue weighted by Crippen LogP contribution is -2.44. The average molecular weight is 414 g/mol. The van der Waals surface area contributed by atoms with Gasteiger partial charge in [0.1, 0.15) is 0 Å². The molecule has 152 valence electrons. The van der Waals surface area contributed by atoms with Crippen molar-refractivity contribution in [1.29, 1.82) is 0 Å². The number of thiazole rings is 1. The number of nitrogens with one attached hydrogen (secondary N) is 2. The maximum absolute atomic E-state index is 12.5. The number of benzene rings is 1. The van der Waals surface area contributed by atoms with Crippen LogP contribution in [0.2, 0.25) is 0 Å². The van der Waals surface area contributed by atoms with Crippen LogP contribution in [0.4, 0.5) is 5.13 Å². The summed E-state index contributed by atoms with van der Waals surface area (Å²) in [6, 6.07) is 7.13. The van der Waals surface area contributed by atoms with Gasteiger partial charge in [-0.1, -0.05) is 18.2 Å². The van der Waals surface area contributed by atoms with E-state index >= 15 is 0 Å². The molecule has 0 radical (unpaired) electrons. The molecule has 4 rings (SSSR count). The van der Waals surface area contributed by atoms with Crippen LogP contribution in [0, 0.1) is 0 Å². The Labute approximate surface area is 171 Å². The molecular weight excluding hydrogens is 390 g/mol. The van der Waals surface area contributed by atoms with Crippen molar-refractivity contribution in [2.75, 3.05) is 18.4 Å². The van der Waals surface area contributed by atoms with E-state index in [1.165, 1.54) is 11.3 Å². The normalized spacial score (nSPS) is 20.1. The summed E-state index contributed by atoms with van der Waals surface area (Å²) in [5, 5.41) is 13.1. The molecular formula is C20H23N5O3S. The highest BCUT2D eigenvalue weighted by Gasteiger charge is 2.23. The van der Waals surface area contributed by atoms with Crippen LogP contribution in [0.15, 0.2) is 34.4 Å². The molecule has 9 heteroatoms. The fraction of sp³-hybridized carbons (Fsp3) is 0.400. The predicted octanol–water partition coefficient (Wildman–Crippen LogP) is 2.17. The second-order valence-corrected chi connectivity index (χ2v) is 8.22. The fourth-order valence-corrected chi connectivity index (χ4v) is 4.42. The number of ether oxygens (including phenoxy) is 1. The van der Waals surface area contributed by atoms with Gasteiger partial charge in [0, 0.05) is 30.4 Å². The molecule has 0 unspecified atom stereocenters. The van der Waals surface area contributed by atoms with Crippen molar-refractivity contribution in [3.63, 3.8) is 0 Å². The minimum absolute atomic E-state index is 0.0602. The molecule has 0 aliphatic carbocycles. The molecule has 2 N–H and O–H groups in total. The highest BCUT2D eigenvalue weighted by molar-refractivity contribution is 7.13. The van der Waals surface area contributed by atoms with Crippen LogP contribution < -0.4 is 10.9 Å². The van der Waals surface area contributed by atoms with Crippen molar-refractivity contribution in [3.05, 3.63) is 51.4 Å². The molecule has 1 fully saturated rings. The van der Waals surface area contributed by atoms with E-state index in [-0.39, 0.29) is 30.1 Å². The van der Waals surface area contributed by atoms with Crippen LogP contribution in [-0.2, 0) is 22.5 Å². The van der Waals surface area contributed by atoms with Crippen LogP contribution in [0.25, 0.3) is 10.8 Å². The SMILES string of the molecule is C[C@@H]1CN(Cc2csc(NC(=O)Cc3n[nH]c(=O)c4ccccc34)n2)C[C@@H](C)O1. The first-order valence-electron chi connectivity index (χ1n) is 9.56. The molecule has 1 saturated heterocycles. The third-order valence-corrected chi connectivity index (χ3v) is 5.59. The van der Waals surface area contributed by atoms with Gasteiger partial charge < -0.3 is 10.1 Å². The summed E-state index contributed by atoms with van der Waals surface area (Å²) in [5.41, 5.74) is 1.20. The minimum Gasteiger partial charge on any atom is -0.373 e. The lowest BCUT2D eigenvalue weighted by atomic mass is 10.1. The number of rotatable bonds is 5. The van der Waals surface area contributed by atoms with Gasteiger partial charge in [-0.15, -0.1) is 11.3 Å². The van der Waals surface area contributed by atoms with Crippen molar-refractivity contribution < 1.29 is 9.53 Å². The van der Waals surface area contributed by atoms with Gasteiger partial charge in [-0.05, 0) is 19.9 Å². The Morgan fingerprint density at radius 2 is 2.00 bits per heavy atom. The average Bonchev–Trinajstić information content (AvgIpc) is 3.10. The van der Waals surface area contributed by atoms with E-state index in [1.807, 2.05) is 11.4 Å². The molecule has 1 aliphatic rings. The predicted molar refractivity (Wildman–Crippen MR) is 112 cm³/mol. The maximum atomic E-state index is 12.5. The van der Waals surface area contributed by atoms with Gasteiger partial charge in [0.25, 0.3) is 5.56 Å². The summed E-state index contributed by atoms with van der Waals surface area (Å²) in [4.78, 5) is 31.2. The van der Waals surface area contributed by atoms with E-state index in [2.05, 4.69) is 39.2 Å². The number of aromatic nitrogens is 3. The summed E-state index contributed by atoms with van der Waals surface area (Å²) < 4.78 is 5.76. The second-order valence-electron chi connectivity index (χ2n) is 7.37. The van der Waals surface area contributed by atoms with E-state index in [0.29, 0.717) is 21.6 Å². The lowest BCUT2D eigenvalue weighted by molar-refractivity contribution is -0.115. The largest absolute Gasteiger partial charge is 0.373 e. The number of carbonyl (C=O) groups is 1. The zero-order valence-electron chi connectivity index (χ0n) is 16.3. The van der Waals surface area contributed by atoms with Crippen LogP contribution in [-0.4, -0.2) is 51.3 Å². The van der Waals surface area contributed by atoms with Gasteiger partial charge in [-0.2, -0.15) is 5.10 Å². The molecule has 1 amide bonds. The number of hydrogen-bond donors (Lipinski definition) is 2. The number of H-pyrrole nitrogens is 1. The van der Waals surface area contributed by atoms with Gasteiger partial charge in [-0.25, -0.2) is 10.1 Å². The van der Waals surface area contributed by atoms with Gasteiger partial charge in [0.2, 0.25) is 5.91 Å². The molecule has 0 spiro atoms. The van der Waals surface area contributed by atoms with Crippen molar-refractivity contribution in [2.45, 2.75) is 39.0 Å². The summed E-state index contributed by atoms with van der Waals surface area (Å²) >= 11 is 1.41. The Morgan fingerprint density at radius 3 is 2.76 bits per heavy atom. The number of amides is 1. The number of morpholine rings is 1. The Kier molecular flexibility index (Phi) is 5.70. The molecule has 3 aromatic rings. The molecule has 1 aromatic carbocycles. The first-order valence-corrected chi connectivity index (χ1v) is 10.4. The van der Waals surface area contributed by atoms with Gasteiger partial charge >= 0.3 is 0 Å². The van der Waals surface area contributed by atoms with Crippen LogP contribution >= 0.6 is 11.3 Å². The molecule has 29 heavy (non-hydrogen) atoms. The van der Waals surface area contributed by atoms with E-state index in [4.69, 9.17) is 4.74 Å². The molecule has 2 aromatic heterocycles.